The van der Waals surface area contributed by atoms with E-state index in [1.165, 1.54) is 5.56 Å². The summed E-state index contributed by atoms with van der Waals surface area (Å²) in [4.78, 5) is 9.94. The number of benzene rings is 3. The normalized spacial score (nSPS) is 11.0. The van der Waals surface area contributed by atoms with Crippen molar-refractivity contribution >= 4 is 29.5 Å². The first-order chi connectivity index (χ1) is 15.3. The largest absolute Gasteiger partial charge is 0.437 e. The van der Waals surface area contributed by atoms with Gasteiger partial charge in [-0.3, -0.25) is 0 Å². The van der Waals surface area contributed by atoms with Crippen LogP contribution in [0.3, 0.4) is 0 Å². The van der Waals surface area contributed by atoms with Gasteiger partial charge >= 0.3 is 0 Å². The van der Waals surface area contributed by atoms with Crippen LogP contribution < -0.4 is 5.32 Å². The van der Waals surface area contributed by atoms with Crippen LogP contribution in [-0.2, 0) is 6.42 Å². The third kappa shape index (κ3) is 4.05. The van der Waals surface area contributed by atoms with Crippen molar-refractivity contribution in [2.75, 3.05) is 11.9 Å². The molecule has 0 atom stereocenters. The Bertz CT molecular complexity index is 1300. The first-order valence-electron chi connectivity index (χ1n) is 10.2. The summed E-state index contributed by atoms with van der Waals surface area (Å²) in [5.74, 6) is 1.58. The molecule has 152 valence electrons. The molecule has 0 aliphatic heterocycles. The molecule has 2 heterocycles. The topological polar surface area (TPSA) is 51.0 Å². The lowest BCUT2D eigenvalue weighted by Gasteiger charge is -2.09. The fraction of sp³-hybridized carbons (Fsp3) is 0.0769. The van der Waals surface area contributed by atoms with Crippen molar-refractivity contribution in [3.8, 4) is 22.5 Å². The van der Waals surface area contributed by atoms with Crippen molar-refractivity contribution in [1.82, 2.24) is 9.97 Å². The predicted octanol–water partition coefficient (Wildman–Crippen LogP) is 6.50. The Morgan fingerprint density at radius 1 is 0.774 bits per heavy atom. The summed E-state index contributed by atoms with van der Waals surface area (Å²) in [6, 6.07) is 28.6. The number of anilines is 1. The standard InChI is InChI=1S/C26H21N3OS/c31-21-13-11-18(12-14-21)15-16-27-25-23-22(19-7-3-1-4-8-19)24(20-9-5-2-6-10-20)30-26(23)29-17-28-25/h1-14,17,31H,15-16H2,(H,27,28,29). The van der Waals surface area contributed by atoms with E-state index in [1.54, 1.807) is 6.33 Å². The van der Waals surface area contributed by atoms with E-state index in [-0.39, 0.29) is 0 Å². The molecule has 4 nitrogen and oxygen atoms in total. The number of fused-ring (bicyclic) bond motifs is 1. The summed E-state index contributed by atoms with van der Waals surface area (Å²) in [6.07, 6.45) is 2.43. The number of furan rings is 1. The van der Waals surface area contributed by atoms with E-state index < -0.39 is 0 Å². The van der Waals surface area contributed by atoms with Gasteiger partial charge in [0.2, 0.25) is 5.71 Å². The molecule has 0 unspecified atom stereocenters. The van der Waals surface area contributed by atoms with Crippen molar-refractivity contribution in [3.63, 3.8) is 0 Å². The lowest BCUT2D eigenvalue weighted by molar-refractivity contribution is 0.618. The van der Waals surface area contributed by atoms with Crippen LogP contribution in [0.2, 0.25) is 0 Å². The Morgan fingerprint density at radius 2 is 1.45 bits per heavy atom. The third-order valence-corrected chi connectivity index (χ3v) is 5.53. The molecular weight excluding hydrogens is 402 g/mol. The van der Waals surface area contributed by atoms with Crippen molar-refractivity contribution in [2.24, 2.45) is 0 Å². The average molecular weight is 424 g/mol. The highest BCUT2D eigenvalue weighted by Gasteiger charge is 2.21. The summed E-state index contributed by atoms with van der Waals surface area (Å²) in [5, 5.41) is 4.40. The molecule has 2 aromatic heterocycles. The van der Waals surface area contributed by atoms with Gasteiger partial charge in [-0.2, -0.15) is 0 Å². The molecule has 5 rings (SSSR count). The van der Waals surface area contributed by atoms with Gasteiger partial charge in [0.05, 0.1) is 5.39 Å². The number of thiol groups is 1. The number of hydrogen-bond donors (Lipinski definition) is 2. The Kier molecular flexibility index (Phi) is 5.42. The molecule has 5 aromatic rings. The van der Waals surface area contributed by atoms with E-state index in [0.29, 0.717) is 5.71 Å². The Balaban J connectivity index is 1.56. The van der Waals surface area contributed by atoms with Crippen LogP contribution in [0.1, 0.15) is 5.56 Å². The quantitative estimate of drug-likeness (QED) is 0.306. The molecule has 0 spiro atoms. The third-order valence-electron chi connectivity index (χ3n) is 5.23. The van der Waals surface area contributed by atoms with E-state index in [2.05, 4.69) is 64.3 Å². The molecule has 0 saturated carbocycles. The molecule has 0 saturated heterocycles. The minimum Gasteiger partial charge on any atom is -0.437 e. The summed E-state index contributed by atoms with van der Waals surface area (Å²) < 4.78 is 6.26. The summed E-state index contributed by atoms with van der Waals surface area (Å²) >= 11 is 4.36. The SMILES string of the molecule is Sc1ccc(CCNc2ncnc3oc(-c4ccccc4)c(-c4ccccc4)c23)cc1. The van der Waals surface area contributed by atoms with E-state index >= 15 is 0 Å². The van der Waals surface area contributed by atoms with Crippen molar-refractivity contribution in [1.29, 1.82) is 0 Å². The maximum atomic E-state index is 6.26. The van der Waals surface area contributed by atoms with Crippen molar-refractivity contribution in [2.45, 2.75) is 11.3 Å². The van der Waals surface area contributed by atoms with E-state index in [9.17, 15) is 0 Å². The molecule has 0 amide bonds. The predicted molar refractivity (Wildman–Crippen MR) is 129 cm³/mol. The fourth-order valence-corrected chi connectivity index (χ4v) is 3.88. The van der Waals surface area contributed by atoms with E-state index in [0.717, 1.165) is 51.5 Å². The molecule has 5 heteroatoms. The first kappa shape index (κ1) is 19.4. The summed E-state index contributed by atoms with van der Waals surface area (Å²) in [6.45, 7) is 0.748. The highest BCUT2D eigenvalue weighted by molar-refractivity contribution is 7.80. The number of rotatable bonds is 6. The zero-order valence-corrected chi connectivity index (χ0v) is 17.7. The second-order valence-corrected chi connectivity index (χ2v) is 7.80. The van der Waals surface area contributed by atoms with Crippen LogP contribution >= 0.6 is 12.6 Å². The Morgan fingerprint density at radius 3 is 2.16 bits per heavy atom. The van der Waals surface area contributed by atoms with Crippen molar-refractivity contribution in [3.05, 3.63) is 96.8 Å². The van der Waals surface area contributed by atoms with Crippen LogP contribution in [0, 0.1) is 0 Å². The van der Waals surface area contributed by atoms with Gasteiger partial charge in [0, 0.05) is 22.6 Å². The molecule has 3 aromatic carbocycles. The Labute approximate surface area is 186 Å². The highest BCUT2D eigenvalue weighted by Crippen LogP contribution is 2.42. The summed E-state index contributed by atoms with van der Waals surface area (Å²) in [5.41, 5.74) is 4.91. The minimum atomic E-state index is 0.578. The molecule has 0 radical (unpaired) electrons. The van der Waals surface area contributed by atoms with Crippen molar-refractivity contribution < 1.29 is 4.42 Å². The Hall–Kier alpha value is -3.57. The van der Waals surface area contributed by atoms with Gasteiger partial charge in [-0.25, -0.2) is 9.97 Å². The zero-order valence-electron chi connectivity index (χ0n) is 16.8. The smallest absolute Gasteiger partial charge is 0.232 e. The lowest BCUT2D eigenvalue weighted by Crippen LogP contribution is -2.07. The van der Waals surface area contributed by atoms with Gasteiger partial charge in [-0.15, -0.1) is 12.6 Å². The molecule has 31 heavy (non-hydrogen) atoms. The zero-order chi connectivity index (χ0) is 21.0. The van der Waals surface area contributed by atoms with Gasteiger partial charge < -0.3 is 9.73 Å². The molecule has 1 N–H and O–H groups in total. The number of nitrogens with zero attached hydrogens (tertiary/aromatic N) is 2. The fourth-order valence-electron chi connectivity index (χ4n) is 3.73. The van der Waals surface area contributed by atoms with Crippen LogP contribution in [0.15, 0.2) is 101 Å². The van der Waals surface area contributed by atoms with E-state index in [4.69, 9.17) is 4.42 Å². The second-order valence-electron chi connectivity index (χ2n) is 7.28. The molecular formula is C26H21N3OS. The first-order valence-corrected chi connectivity index (χ1v) is 10.6. The molecule has 0 aliphatic rings. The molecule has 0 bridgehead atoms. The lowest BCUT2D eigenvalue weighted by atomic mass is 9.99. The van der Waals surface area contributed by atoms with Gasteiger partial charge in [0.1, 0.15) is 17.9 Å². The monoisotopic (exact) mass is 423 g/mol. The maximum absolute atomic E-state index is 6.26. The average Bonchev–Trinajstić information content (AvgIpc) is 3.22. The second kappa shape index (κ2) is 8.66. The minimum absolute atomic E-state index is 0.578. The van der Waals surface area contributed by atoms with Crippen LogP contribution in [0.5, 0.6) is 0 Å². The number of aromatic nitrogens is 2. The van der Waals surface area contributed by atoms with Gasteiger partial charge in [-0.05, 0) is 29.7 Å². The molecule has 0 aliphatic carbocycles. The summed E-state index contributed by atoms with van der Waals surface area (Å²) in [7, 11) is 0. The van der Waals surface area contributed by atoms with Gasteiger partial charge in [0.25, 0.3) is 0 Å². The van der Waals surface area contributed by atoms with Crippen LogP contribution in [0.4, 0.5) is 5.82 Å². The van der Waals surface area contributed by atoms with Crippen LogP contribution in [0.25, 0.3) is 33.6 Å². The van der Waals surface area contributed by atoms with Crippen LogP contribution in [-0.4, -0.2) is 16.5 Å². The highest BCUT2D eigenvalue weighted by atomic mass is 32.1. The van der Waals surface area contributed by atoms with Gasteiger partial charge in [0.15, 0.2) is 0 Å². The van der Waals surface area contributed by atoms with E-state index in [1.807, 2.05) is 48.5 Å². The maximum Gasteiger partial charge on any atom is 0.232 e. The van der Waals surface area contributed by atoms with Gasteiger partial charge in [-0.1, -0.05) is 72.8 Å². The molecule has 0 fully saturated rings. The number of hydrogen-bond acceptors (Lipinski definition) is 5. The number of nitrogens with one attached hydrogen (secondary N) is 1.